The zero-order valence-corrected chi connectivity index (χ0v) is 8.77. The van der Waals surface area contributed by atoms with Gasteiger partial charge in [0.1, 0.15) is 6.10 Å². The maximum absolute atomic E-state index is 5.91. The van der Waals surface area contributed by atoms with Crippen LogP contribution < -0.4 is 5.32 Å². The first-order valence-electron chi connectivity index (χ1n) is 5.49. The highest BCUT2D eigenvalue weighted by Crippen LogP contribution is 2.38. The first-order chi connectivity index (χ1) is 7.33. The Hall–Kier alpha value is -0.940. The highest BCUT2D eigenvalue weighted by Gasteiger charge is 2.39. The SMILES string of the molecule is Cc1noc([C@@H]2C[C@@H]3CCNC[C@H]3O2)n1. The molecule has 0 saturated carbocycles. The van der Waals surface area contributed by atoms with E-state index >= 15 is 0 Å². The third kappa shape index (κ3) is 1.66. The molecule has 3 atom stereocenters. The van der Waals surface area contributed by atoms with Crippen LogP contribution in [0.5, 0.6) is 0 Å². The number of hydrogen-bond donors (Lipinski definition) is 1. The van der Waals surface area contributed by atoms with Gasteiger partial charge in [0, 0.05) is 6.54 Å². The molecule has 0 radical (unpaired) electrons. The van der Waals surface area contributed by atoms with Crippen molar-refractivity contribution in [2.45, 2.75) is 32.0 Å². The monoisotopic (exact) mass is 209 g/mol. The maximum Gasteiger partial charge on any atom is 0.255 e. The summed E-state index contributed by atoms with van der Waals surface area (Å²) >= 11 is 0. The van der Waals surface area contributed by atoms with Gasteiger partial charge in [-0.2, -0.15) is 4.98 Å². The summed E-state index contributed by atoms with van der Waals surface area (Å²) in [6.07, 6.45) is 2.56. The molecule has 0 spiro atoms. The minimum absolute atomic E-state index is 0.0149. The van der Waals surface area contributed by atoms with E-state index < -0.39 is 0 Å². The van der Waals surface area contributed by atoms with Crippen molar-refractivity contribution in [2.75, 3.05) is 13.1 Å². The molecule has 3 rings (SSSR count). The van der Waals surface area contributed by atoms with Crippen molar-refractivity contribution >= 4 is 0 Å². The van der Waals surface area contributed by atoms with Gasteiger partial charge < -0.3 is 14.6 Å². The molecule has 5 nitrogen and oxygen atoms in total. The quantitative estimate of drug-likeness (QED) is 0.742. The van der Waals surface area contributed by atoms with Crippen molar-refractivity contribution in [3.05, 3.63) is 11.7 Å². The van der Waals surface area contributed by atoms with Gasteiger partial charge in [0.25, 0.3) is 5.89 Å². The number of fused-ring (bicyclic) bond motifs is 1. The molecule has 0 aromatic carbocycles. The number of aromatic nitrogens is 2. The van der Waals surface area contributed by atoms with Gasteiger partial charge >= 0.3 is 0 Å². The second kappa shape index (κ2) is 3.57. The minimum Gasteiger partial charge on any atom is -0.364 e. The Morgan fingerprint density at radius 2 is 2.40 bits per heavy atom. The fourth-order valence-corrected chi connectivity index (χ4v) is 2.46. The van der Waals surface area contributed by atoms with E-state index in [-0.39, 0.29) is 6.10 Å². The number of rotatable bonds is 1. The van der Waals surface area contributed by atoms with Gasteiger partial charge in [-0.1, -0.05) is 5.16 Å². The standard InChI is InChI=1S/C10H15N3O2/c1-6-12-10(15-13-6)8-4-7-2-3-11-5-9(7)14-8/h7-9,11H,2-5H2,1H3/t7-,8-,9+/m0/s1. The lowest BCUT2D eigenvalue weighted by atomic mass is 9.93. The van der Waals surface area contributed by atoms with Crippen LogP contribution in [-0.2, 0) is 4.74 Å². The molecular formula is C10H15N3O2. The van der Waals surface area contributed by atoms with Crippen LogP contribution in [0.2, 0.25) is 0 Å². The lowest BCUT2D eigenvalue weighted by Gasteiger charge is -2.24. The molecule has 1 N–H and O–H groups in total. The Morgan fingerprint density at radius 1 is 1.47 bits per heavy atom. The second-order valence-corrected chi connectivity index (χ2v) is 4.33. The van der Waals surface area contributed by atoms with Gasteiger partial charge in [-0.05, 0) is 32.2 Å². The molecule has 2 saturated heterocycles. The largest absolute Gasteiger partial charge is 0.364 e. The van der Waals surface area contributed by atoms with E-state index in [1.54, 1.807) is 0 Å². The van der Waals surface area contributed by atoms with Crippen LogP contribution in [0.4, 0.5) is 0 Å². The molecule has 0 amide bonds. The molecule has 82 valence electrons. The molecule has 0 bridgehead atoms. The number of nitrogens with zero attached hydrogens (tertiary/aromatic N) is 2. The van der Waals surface area contributed by atoms with Crippen LogP contribution in [0.3, 0.4) is 0 Å². The average molecular weight is 209 g/mol. The van der Waals surface area contributed by atoms with Gasteiger partial charge in [-0.3, -0.25) is 0 Å². The van der Waals surface area contributed by atoms with Gasteiger partial charge in [0.2, 0.25) is 0 Å². The number of ether oxygens (including phenoxy) is 1. The van der Waals surface area contributed by atoms with Crippen molar-refractivity contribution < 1.29 is 9.26 Å². The lowest BCUT2D eigenvalue weighted by Crippen LogP contribution is -2.38. The zero-order valence-electron chi connectivity index (χ0n) is 8.77. The van der Waals surface area contributed by atoms with E-state index in [2.05, 4.69) is 15.5 Å². The summed E-state index contributed by atoms with van der Waals surface area (Å²) in [7, 11) is 0. The van der Waals surface area contributed by atoms with Crippen LogP contribution in [0.15, 0.2) is 4.52 Å². The van der Waals surface area contributed by atoms with Gasteiger partial charge in [-0.15, -0.1) is 0 Å². The highest BCUT2D eigenvalue weighted by atomic mass is 16.5. The van der Waals surface area contributed by atoms with Crippen LogP contribution >= 0.6 is 0 Å². The van der Waals surface area contributed by atoms with E-state index in [4.69, 9.17) is 9.26 Å². The molecule has 2 aliphatic rings. The summed E-state index contributed by atoms with van der Waals surface area (Å²) in [5.41, 5.74) is 0. The highest BCUT2D eigenvalue weighted by molar-refractivity contribution is 4.96. The van der Waals surface area contributed by atoms with Crippen LogP contribution in [0.1, 0.15) is 30.7 Å². The van der Waals surface area contributed by atoms with Crippen molar-refractivity contribution in [1.29, 1.82) is 0 Å². The fourth-order valence-electron chi connectivity index (χ4n) is 2.46. The van der Waals surface area contributed by atoms with E-state index in [0.29, 0.717) is 23.7 Å². The molecule has 0 unspecified atom stereocenters. The van der Waals surface area contributed by atoms with Crippen molar-refractivity contribution in [3.8, 4) is 0 Å². The van der Waals surface area contributed by atoms with E-state index in [1.807, 2.05) is 6.92 Å². The molecule has 2 fully saturated rings. The molecule has 1 aromatic heterocycles. The Morgan fingerprint density at radius 3 is 3.13 bits per heavy atom. The number of piperidine rings is 1. The summed E-state index contributed by atoms with van der Waals surface area (Å²) < 4.78 is 11.1. The zero-order chi connectivity index (χ0) is 10.3. The molecule has 5 heteroatoms. The Balaban J connectivity index is 1.74. The van der Waals surface area contributed by atoms with Crippen LogP contribution in [0, 0.1) is 12.8 Å². The predicted molar refractivity (Wildman–Crippen MR) is 52.2 cm³/mol. The van der Waals surface area contributed by atoms with Gasteiger partial charge in [0.05, 0.1) is 6.10 Å². The third-order valence-electron chi connectivity index (χ3n) is 3.24. The van der Waals surface area contributed by atoms with Crippen LogP contribution in [-0.4, -0.2) is 29.3 Å². The lowest BCUT2D eigenvalue weighted by molar-refractivity contribution is 0.0116. The van der Waals surface area contributed by atoms with Gasteiger partial charge in [0.15, 0.2) is 5.82 Å². The first-order valence-corrected chi connectivity index (χ1v) is 5.49. The average Bonchev–Trinajstić information content (AvgIpc) is 2.82. The second-order valence-electron chi connectivity index (χ2n) is 4.33. The third-order valence-corrected chi connectivity index (χ3v) is 3.24. The first kappa shape index (κ1) is 9.30. The topological polar surface area (TPSA) is 60.2 Å². The smallest absolute Gasteiger partial charge is 0.255 e. The molecule has 1 aromatic rings. The summed E-state index contributed by atoms with van der Waals surface area (Å²) in [4.78, 5) is 4.23. The number of nitrogens with one attached hydrogen (secondary N) is 1. The van der Waals surface area contributed by atoms with E-state index in [9.17, 15) is 0 Å². The summed E-state index contributed by atoms with van der Waals surface area (Å²) in [5, 5.41) is 7.14. The molecule has 0 aliphatic carbocycles. The maximum atomic E-state index is 5.91. The van der Waals surface area contributed by atoms with E-state index in [0.717, 1.165) is 19.5 Å². The van der Waals surface area contributed by atoms with E-state index in [1.165, 1.54) is 6.42 Å². The van der Waals surface area contributed by atoms with Crippen molar-refractivity contribution in [2.24, 2.45) is 5.92 Å². The molecule has 3 heterocycles. The van der Waals surface area contributed by atoms with Gasteiger partial charge in [-0.25, -0.2) is 0 Å². The summed E-state index contributed by atoms with van der Waals surface area (Å²) in [6.45, 7) is 3.88. The number of aryl methyl sites for hydroxylation is 1. The molecule has 2 aliphatic heterocycles. The summed E-state index contributed by atoms with van der Waals surface area (Å²) in [5.74, 6) is 1.98. The van der Waals surface area contributed by atoms with Crippen molar-refractivity contribution in [1.82, 2.24) is 15.5 Å². The Labute approximate surface area is 88.2 Å². The molecular weight excluding hydrogens is 194 g/mol. The summed E-state index contributed by atoms with van der Waals surface area (Å²) in [6, 6.07) is 0. The Kier molecular flexibility index (Phi) is 2.21. The Bertz CT molecular complexity index is 338. The van der Waals surface area contributed by atoms with Crippen molar-refractivity contribution in [3.63, 3.8) is 0 Å². The minimum atomic E-state index is 0.0149. The number of hydrogen-bond acceptors (Lipinski definition) is 5. The fraction of sp³-hybridized carbons (Fsp3) is 0.800. The van der Waals surface area contributed by atoms with Crippen LogP contribution in [0.25, 0.3) is 0 Å². The molecule has 15 heavy (non-hydrogen) atoms. The predicted octanol–water partition coefficient (Wildman–Crippen LogP) is 0.818. The normalized spacial score (nSPS) is 35.4.